The lowest BCUT2D eigenvalue weighted by atomic mass is 10.1. The number of hydrogen-bond donors (Lipinski definition) is 1. The maximum atomic E-state index is 12.3. The third kappa shape index (κ3) is 2.98. The van der Waals surface area contributed by atoms with E-state index in [1.165, 1.54) is 6.26 Å². The van der Waals surface area contributed by atoms with Crippen LogP contribution in [0.2, 0.25) is 5.15 Å². The highest BCUT2D eigenvalue weighted by Crippen LogP contribution is 2.37. The van der Waals surface area contributed by atoms with E-state index < -0.39 is 16.1 Å². The molecule has 1 atom stereocenters. The highest BCUT2D eigenvalue weighted by atomic mass is 35.5. The standard InChI is InChI=1S/C18H16ClN3O3S/c1-11-5-6-12-9-13(18(19)20-14(12)8-11)16-10-15(17-4-3-7-25-17)21-22(16)26(2,23)24/h3-10,16,21H,1-2H3. The number of aryl methyl sites for hydroxylation is 1. The van der Waals surface area contributed by atoms with Gasteiger partial charge in [0.05, 0.1) is 29.8 Å². The fourth-order valence-electron chi connectivity index (χ4n) is 3.00. The molecule has 3 heterocycles. The summed E-state index contributed by atoms with van der Waals surface area (Å²) in [4.78, 5) is 4.45. The van der Waals surface area contributed by atoms with Crippen molar-refractivity contribution in [3.8, 4) is 0 Å². The predicted molar refractivity (Wildman–Crippen MR) is 101 cm³/mol. The maximum absolute atomic E-state index is 12.3. The molecule has 3 aromatic rings. The molecular weight excluding hydrogens is 374 g/mol. The fourth-order valence-corrected chi connectivity index (χ4v) is 4.11. The number of fused-ring (bicyclic) bond motifs is 1. The van der Waals surface area contributed by atoms with Crippen LogP contribution in [0.1, 0.15) is 22.9 Å². The first-order valence-electron chi connectivity index (χ1n) is 7.91. The van der Waals surface area contributed by atoms with Gasteiger partial charge in [0.1, 0.15) is 5.15 Å². The fraction of sp³-hybridized carbons (Fsp3) is 0.167. The molecule has 0 aliphatic carbocycles. The second kappa shape index (κ2) is 6.12. The first kappa shape index (κ1) is 17.1. The van der Waals surface area contributed by atoms with E-state index in [1.54, 1.807) is 18.2 Å². The Morgan fingerprint density at radius 2 is 2.08 bits per heavy atom. The molecule has 0 fully saturated rings. The molecule has 1 aromatic carbocycles. The summed E-state index contributed by atoms with van der Waals surface area (Å²) in [6.07, 6.45) is 4.43. The van der Waals surface area contributed by atoms with Gasteiger partial charge in [-0.25, -0.2) is 13.4 Å². The molecule has 1 aliphatic rings. The summed E-state index contributed by atoms with van der Waals surface area (Å²) in [7, 11) is -3.56. The van der Waals surface area contributed by atoms with Crippen LogP contribution in [0.5, 0.6) is 0 Å². The van der Waals surface area contributed by atoms with Crippen molar-refractivity contribution >= 4 is 38.2 Å². The van der Waals surface area contributed by atoms with Gasteiger partial charge in [0.25, 0.3) is 0 Å². The maximum Gasteiger partial charge on any atom is 0.228 e. The Kier molecular flexibility index (Phi) is 4.02. The van der Waals surface area contributed by atoms with Crippen LogP contribution >= 0.6 is 11.6 Å². The van der Waals surface area contributed by atoms with Gasteiger partial charge in [-0.05, 0) is 42.8 Å². The number of benzene rings is 1. The molecule has 1 unspecified atom stereocenters. The second-order valence-corrected chi connectivity index (χ2v) is 8.46. The summed E-state index contributed by atoms with van der Waals surface area (Å²) >= 11 is 6.41. The van der Waals surface area contributed by atoms with E-state index in [0.717, 1.165) is 27.1 Å². The number of pyridine rings is 1. The Morgan fingerprint density at radius 3 is 2.77 bits per heavy atom. The van der Waals surface area contributed by atoms with Crippen LogP contribution in [0, 0.1) is 6.92 Å². The van der Waals surface area contributed by atoms with Crippen LogP contribution in [0.3, 0.4) is 0 Å². The zero-order chi connectivity index (χ0) is 18.5. The van der Waals surface area contributed by atoms with E-state index in [4.69, 9.17) is 16.0 Å². The van der Waals surface area contributed by atoms with E-state index in [9.17, 15) is 8.42 Å². The number of hydrazine groups is 1. The van der Waals surface area contributed by atoms with Gasteiger partial charge in [-0.1, -0.05) is 23.7 Å². The Morgan fingerprint density at radius 1 is 1.27 bits per heavy atom. The van der Waals surface area contributed by atoms with Crippen LogP contribution < -0.4 is 5.43 Å². The highest BCUT2D eigenvalue weighted by molar-refractivity contribution is 7.88. The molecule has 0 saturated heterocycles. The smallest absolute Gasteiger partial charge is 0.228 e. The SMILES string of the molecule is Cc1ccc2cc(C3C=C(c4ccco4)NN3S(C)(=O)=O)c(Cl)nc2c1. The van der Waals surface area contributed by atoms with Crippen LogP contribution in [0.4, 0.5) is 0 Å². The zero-order valence-corrected chi connectivity index (χ0v) is 15.7. The first-order chi connectivity index (χ1) is 12.3. The molecule has 8 heteroatoms. The monoisotopic (exact) mass is 389 g/mol. The summed E-state index contributed by atoms with van der Waals surface area (Å²) in [5, 5.41) is 1.16. The van der Waals surface area contributed by atoms with E-state index in [-0.39, 0.29) is 5.15 Å². The predicted octanol–water partition coefficient (Wildman–Crippen LogP) is 3.65. The van der Waals surface area contributed by atoms with Gasteiger partial charge in [0, 0.05) is 10.9 Å². The van der Waals surface area contributed by atoms with Crippen molar-refractivity contribution in [3.63, 3.8) is 0 Å². The molecule has 0 amide bonds. The number of rotatable bonds is 3. The molecule has 2 aromatic heterocycles. The number of aromatic nitrogens is 1. The normalized spacial score (nSPS) is 18.1. The largest absolute Gasteiger partial charge is 0.463 e. The molecule has 4 rings (SSSR count). The molecule has 0 saturated carbocycles. The van der Waals surface area contributed by atoms with Crippen molar-refractivity contribution in [1.82, 2.24) is 14.8 Å². The summed E-state index contributed by atoms with van der Waals surface area (Å²) in [6.45, 7) is 1.98. The first-order valence-corrected chi connectivity index (χ1v) is 10.1. The summed E-state index contributed by atoms with van der Waals surface area (Å²) in [5.74, 6) is 0.543. The molecule has 0 spiro atoms. The Hall–Kier alpha value is -2.35. The van der Waals surface area contributed by atoms with Gasteiger partial charge in [0.15, 0.2) is 5.76 Å². The molecule has 6 nitrogen and oxygen atoms in total. The highest BCUT2D eigenvalue weighted by Gasteiger charge is 2.35. The van der Waals surface area contributed by atoms with Gasteiger partial charge in [-0.2, -0.15) is 0 Å². The van der Waals surface area contributed by atoms with Crippen molar-refractivity contribution in [3.05, 3.63) is 70.8 Å². The van der Waals surface area contributed by atoms with Crippen LogP contribution in [0.25, 0.3) is 16.6 Å². The molecule has 0 bridgehead atoms. The lowest BCUT2D eigenvalue weighted by molar-refractivity contribution is 0.349. The Balaban J connectivity index is 1.86. The molecule has 0 radical (unpaired) electrons. The van der Waals surface area contributed by atoms with Gasteiger partial charge in [-0.3, -0.25) is 0 Å². The Labute approximate surface area is 156 Å². The van der Waals surface area contributed by atoms with Crippen molar-refractivity contribution in [2.75, 3.05) is 6.26 Å². The molecule has 134 valence electrons. The molecular formula is C18H16ClN3O3S. The summed E-state index contributed by atoms with van der Waals surface area (Å²) < 4.78 is 31.1. The average molecular weight is 390 g/mol. The second-order valence-electron chi connectivity index (χ2n) is 6.24. The number of furan rings is 1. The van der Waals surface area contributed by atoms with Crippen molar-refractivity contribution in [1.29, 1.82) is 0 Å². The van der Waals surface area contributed by atoms with E-state index in [1.807, 2.05) is 31.2 Å². The topological polar surface area (TPSA) is 75.4 Å². The van der Waals surface area contributed by atoms with Crippen LogP contribution in [0.15, 0.2) is 53.2 Å². The number of sulfonamides is 1. The minimum absolute atomic E-state index is 0.264. The molecule has 26 heavy (non-hydrogen) atoms. The third-order valence-electron chi connectivity index (χ3n) is 4.22. The van der Waals surface area contributed by atoms with E-state index in [0.29, 0.717) is 17.0 Å². The Bertz CT molecular complexity index is 1120. The van der Waals surface area contributed by atoms with E-state index >= 15 is 0 Å². The minimum atomic E-state index is -3.56. The van der Waals surface area contributed by atoms with E-state index in [2.05, 4.69) is 10.4 Å². The summed E-state index contributed by atoms with van der Waals surface area (Å²) in [6, 6.07) is 10.6. The molecule has 1 aliphatic heterocycles. The lowest BCUT2D eigenvalue weighted by Gasteiger charge is -2.23. The number of nitrogens with zero attached hydrogens (tertiary/aromatic N) is 2. The zero-order valence-electron chi connectivity index (χ0n) is 14.1. The van der Waals surface area contributed by atoms with Gasteiger partial charge < -0.3 is 9.84 Å². The number of hydrogen-bond acceptors (Lipinski definition) is 5. The molecule has 1 N–H and O–H groups in total. The number of nitrogens with one attached hydrogen (secondary N) is 1. The third-order valence-corrected chi connectivity index (χ3v) is 5.56. The van der Waals surface area contributed by atoms with Gasteiger partial charge in [-0.15, -0.1) is 4.41 Å². The van der Waals surface area contributed by atoms with Crippen LogP contribution in [-0.2, 0) is 10.0 Å². The quantitative estimate of drug-likeness (QED) is 0.692. The van der Waals surface area contributed by atoms with Crippen LogP contribution in [-0.4, -0.2) is 24.1 Å². The number of halogens is 1. The average Bonchev–Trinajstić information content (AvgIpc) is 3.23. The van der Waals surface area contributed by atoms with Gasteiger partial charge in [0.2, 0.25) is 10.0 Å². The lowest BCUT2D eigenvalue weighted by Crippen LogP contribution is -2.38. The summed E-state index contributed by atoms with van der Waals surface area (Å²) in [5.41, 5.74) is 5.90. The van der Waals surface area contributed by atoms with Gasteiger partial charge >= 0.3 is 0 Å². The van der Waals surface area contributed by atoms with Crippen molar-refractivity contribution in [2.24, 2.45) is 0 Å². The van der Waals surface area contributed by atoms with Crippen molar-refractivity contribution in [2.45, 2.75) is 13.0 Å². The van der Waals surface area contributed by atoms with Crippen molar-refractivity contribution < 1.29 is 12.8 Å². The minimum Gasteiger partial charge on any atom is -0.463 e.